The number of benzene rings is 2. The average molecular weight is 287 g/mol. The number of nitrogens with two attached hydrogens (primary N) is 1. The van der Waals surface area contributed by atoms with Crippen LogP contribution in [-0.4, -0.2) is 25.3 Å². The van der Waals surface area contributed by atoms with Gasteiger partial charge in [-0.15, -0.1) is 0 Å². The van der Waals surface area contributed by atoms with Crippen LogP contribution < -0.4 is 15.2 Å². The second-order valence-electron chi connectivity index (χ2n) is 4.44. The lowest BCUT2D eigenvalue weighted by molar-refractivity contribution is -0.138. The number of carboxylic acids is 1. The number of carboxylic acid groups (broad SMARTS) is 1. The maximum atomic E-state index is 11.3. The Morgan fingerprint density at radius 2 is 1.57 bits per heavy atom. The minimum atomic E-state index is -1.18. The fourth-order valence-electron chi connectivity index (χ4n) is 2.27. The van der Waals surface area contributed by atoms with E-state index in [9.17, 15) is 9.90 Å². The Kier molecular flexibility index (Phi) is 4.45. The summed E-state index contributed by atoms with van der Waals surface area (Å²) in [6.45, 7) is 0. The van der Waals surface area contributed by atoms with Crippen LogP contribution in [0.25, 0.3) is 11.1 Å². The van der Waals surface area contributed by atoms with Crippen LogP contribution in [0, 0.1) is 0 Å². The van der Waals surface area contributed by atoms with Crippen molar-refractivity contribution in [2.45, 2.75) is 6.04 Å². The van der Waals surface area contributed by atoms with Crippen LogP contribution in [0.4, 0.5) is 0 Å². The third-order valence-corrected chi connectivity index (χ3v) is 3.26. The van der Waals surface area contributed by atoms with Gasteiger partial charge in [-0.2, -0.15) is 0 Å². The first-order valence-corrected chi connectivity index (χ1v) is 6.38. The van der Waals surface area contributed by atoms with E-state index in [1.54, 1.807) is 25.3 Å². The zero-order valence-electron chi connectivity index (χ0n) is 11.9. The first-order chi connectivity index (χ1) is 10.1. The van der Waals surface area contributed by atoms with Crippen molar-refractivity contribution in [3.8, 4) is 22.6 Å². The number of carbonyl (C=O) groups is 1. The molecule has 2 rings (SSSR count). The van der Waals surface area contributed by atoms with Crippen molar-refractivity contribution in [2.24, 2.45) is 5.73 Å². The Morgan fingerprint density at radius 1 is 1.00 bits per heavy atom. The largest absolute Gasteiger partial charge is 0.496 e. The molecule has 0 saturated heterocycles. The summed E-state index contributed by atoms with van der Waals surface area (Å²) in [7, 11) is 3.05. The van der Waals surface area contributed by atoms with E-state index in [-0.39, 0.29) is 0 Å². The summed E-state index contributed by atoms with van der Waals surface area (Å²) in [6, 6.07) is 11.5. The molecule has 2 aromatic carbocycles. The van der Waals surface area contributed by atoms with Crippen molar-refractivity contribution in [3.05, 3.63) is 48.0 Å². The summed E-state index contributed by atoms with van der Waals surface area (Å²) in [6.07, 6.45) is 0. The van der Waals surface area contributed by atoms with E-state index in [1.807, 2.05) is 24.3 Å². The molecule has 3 N–H and O–H groups in total. The fourth-order valence-corrected chi connectivity index (χ4v) is 2.27. The molecular weight excluding hydrogens is 270 g/mol. The van der Waals surface area contributed by atoms with Crippen LogP contribution >= 0.6 is 0 Å². The number of rotatable bonds is 5. The van der Waals surface area contributed by atoms with Crippen LogP contribution in [0.15, 0.2) is 42.5 Å². The van der Waals surface area contributed by atoms with E-state index in [0.717, 1.165) is 5.56 Å². The number of methoxy groups -OCH3 is 2. The van der Waals surface area contributed by atoms with Gasteiger partial charge in [0.05, 0.1) is 14.2 Å². The molecule has 0 radical (unpaired) electrons. The SMILES string of the molecule is COc1ccccc1-c1cccc(OC)c1C(N)C(=O)O. The van der Waals surface area contributed by atoms with Gasteiger partial charge in [0.25, 0.3) is 0 Å². The van der Waals surface area contributed by atoms with E-state index in [4.69, 9.17) is 15.2 Å². The van der Waals surface area contributed by atoms with Gasteiger partial charge in [-0.3, -0.25) is 4.79 Å². The normalized spacial score (nSPS) is 11.8. The zero-order valence-corrected chi connectivity index (χ0v) is 11.9. The third kappa shape index (κ3) is 2.83. The van der Waals surface area contributed by atoms with Gasteiger partial charge in [-0.25, -0.2) is 0 Å². The van der Waals surface area contributed by atoms with E-state index in [0.29, 0.717) is 22.6 Å². The molecule has 5 nitrogen and oxygen atoms in total. The third-order valence-electron chi connectivity index (χ3n) is 3.26. The van der Waals surface area contributed by atoms with Gasteiger partial charge in [-0.05, 0) is 17.7 Å². The maximum absolute atomic E-state index is 11.3. The summed E-state index contributed by atoms with van der Waals surface area (Å²) in [5.41, 5.74) is 7.70. The molecule has 0 amide bonds. The smallest absolute Gasteiger partial charge is 0.325 e. The van der Waals surface area contributed by atoms with Gasteiger partial charge in [0.15, 0.2) is 0 Å². The first-order valence-electron chi connectivity index (χ1n) is 6.38. The Bertz CT molecular complexity index is 654. The Hall–Kier alpha value is -2.53. The molecule has 0 aromatic heterocycles. The molecule has 2 aromatic rings. The average Bonchev–Trinajstić information content (AvgIpc) is 2.53. The summed E-state index contributed by atoms with van der Waals surface area (Å²) >= 11 is 0. The second kappa shape index (κ2) is 6.28. The van der Waals surface area contributed by atoms with E-state index < -0.39 is 12.0 Å². The lowest BCUT2D eigenvalue weighted by atomic mass is 9.93. The summed E-state index contributed by atoms with van der Waals surface area (Å²) in [5.74, 6) is -0.0338. The zero-order chi connectivity index (χ0) is 15.4. The minimum Gasteiger partial charge on any atom is -0.496 e. The summed E-state index contributed by atoms with van der Waals surface area (Å²) in [5, 5.41) is 9.24. The Labute approximate surface area is 122 Å². The summed E-state index contributed by atoms with van der Waals surface area (Å²) in [4.78, 5) is 11.3. The monoisotopic (exact) mass is 287 g/mol. The lowest BCUT2D eigenvalue weighted by Gasteiger charge is -2.18. The quantitative estimate of drug-likeness (QED) is 0.882. The van der Waals surface area contributed by atoms with Crippen LogP contribution in [0.5, 0.6) is 11.5 Å². The van der Waals surface area contributed by atoms with E-state index in [2.05, 4.69) is 0 Å². The van der Waals surface area contributed by atoms with Gasteiger partial charge in [0.1, 0.15) is 17.5 Å². The molecule has 21 heavy (non-hydrogen) atoms. The van der Waals surface area contributed by atoms with Crippen LogP contribution in [-0.2, 0) is 4.79 Å². The highest BCUT2D eigenvalue weighted by Gasteiger charge is 2.24. The second-order valence-corrected chi connectivity index (χ2v) is 4.44. The topological polar surface area (TPSA) is 81.8 Å². The van der Waals surface area contributed by atoms with Crippen molar-refractivity contribution < 1.29 is 19.4 Å². The molecule has 0 heterocycles. The maximum Gasteiger partial charge on any atom is 0.325 e. The highest BCUT2D eigenvalue weighted by molar-refractivity contribution is 5.84. The standard InChI is InChI=1S/C16H17NO4/c1-20-12-8-4-3-6-10(12)11-7-5-9-13(21-2)14(11)15(17)16(18)19/h3-9,15H,17H2,1-2H3,(H,18,19). The molecule has 0 spiro atoms. The molecule has 1 unspecified atom stereocenters. The molecule has 0 fully saturated rings. The minimum absolute atomic E-state index is 0.428. The van der Waals surface area contributed by atoms with Gasteiger partial charge in [-0.1, -0.05) is 30.3 Å². The van der Waals surface area contributed by atoms with E-state index in [1.165, 1.54) is 7.11 Å². The summed E-state index contributed by atoms with van der Waals surface area (Å²) < 4.78 is 10.6. The molecule has 0 aliphatic rings. The number of aliphatic carboxylic acids is 1. The van der Waals surface area contributed by atoms with E-state index >= 15 is 0 Å². The predicted octanol–water partition coefficient (Wildman–Crippen LogP) is 2.46. The Balaban J connectivity index is 2.71. The highest BCUT2D eigenvalue weighted by Crippen LogP contribution is 2.38. The lowest BCUT2D eigenvalue weighted by Crippen LogP contribution is -2.22. The van der Waals surface area contributed by atoms with Crippen molar-refractivity contribution >= 4 is 5.97 Å². The van der Waals surface area contributed by atoms with Gasteiger partial charge in [0.2, 0.25) is 0 Å². The molecule has 0 aliphatic carbocycles. The van der Waals surface area contributed by atoms with Crippen molar-refractivity contribution in [1.82, 2.24) is 0 Å². The molecular formula is C16H17NO4. The molecule has 0 aliphatic heterocycles. The number of para-hydroxylation sites is 1. The van der Waals surface area contributed by atoms with Crippen molar-refractivity contribution in [3.63, 3.8) is 0 Å². The highest BCUT2D eigenvalue weighted by atomic mass is 16.5. The first kappa shape index (κ1) is 14.9. The van der Waals surface area contributed by atoms with Crippen LogP contribution in [0.3, 0.4) is 0 Å². The number of hydrogen-bond acceptors (Lipinski definition) is 4. The van der Waals surface area contributed by atoms with Gasteiger partial charge >= 0.3 is 5.97 Å². The van der Waals surface area contributed by atoms with Gasteiger partial charge in [0, 0.05) is 11.1 Å². The molecule has 5 heteroatoms. The molecule has 0 saturated carbocycles. The molecule has 1 atom stereocenters. The van der Waals surface area contributed by atoms with Crippen LogP contribution in [0.1, 0.15) is 11.6 Å². The number of ether oxygens (including phenoxy) is 2. The van der Waals surface area contributed by atoms with Crippen molar-refractivity contribution in [1.29, 1.82) is 0 Å². The Morgan fingerprint density at radius 3 is 2.19 bits per heavy atom. The molecule has 0 bridgehead atoms. The van der Waals surface area contributed by atoms with Gasteiger partial charge < -0.3 is 20.3 Å². The predicted molar refractivity (Wildman–Crippen MR) is 79.5 cm³/mol. The number of hydrogen-bond donors (Lipinski definition) is 2. The van der Waals surface area contributed by atoms with Crippen LogP contribution in [0.2, 0.25) is 0 Å². The molecule has 110 valence electrons. The fraction of sp³-hybridized carbons (Fsp3) is 0.188. The van der Waals surface area contributed by atoms with Crippen molar-refractivity contribution in [2.75, 3.05) is 14.2 Å².